The van der Waals surface area contributed by atoms with Crippen LogP contribution in [0.15, 0.2) is 30.3 Å². The van der Waals surface area contributed by atoms with E-state index in [-0.39, 0.29) is 0 Å². The molecule has 1 aromatic carbocycles. The topological polar surface area (TPSA) is 15.3 Å². The maximum atomic E-state index is 3.75. The Labute approximate surface area is 124 Å². The maximum Gasteiger partial charge on any atom is 0.0230 e. The van der Waals surface area contributed by atoms with Crippen molar-refractivity contribution in [3.8, 4) is 0 Å². The minimum Gasteiger partial charge on any atom is -0.314 e. The molecule has 112 valence electrons. The highest BCUT2D eigenvalue weighted by Crippen LogP contribution is 2.17. The van der Waals surface area contributed by atoms with E-state index < -0.39 is 0 Å². The predicted molar refractivity (Wildman–Crippen MR) is 86.9 cm³/mol. The molecule has 2 heteroatoms. The van der Waals surface area contributed by atoms with Gasteiger partial charge < -0.3 is 10.2 Å². The van der Waals surface area contributed by atoms with Crippen molar-refractivity contribution in [1.29, 1.82) is 0 Å². The summed E-state index contributed by atoms with van der Waals surface area (Å²) in [7, 11) is 2.22. The summed E-state index contributed by atoms with van der Waals surface area (Å²) in [6.45, 7) is 3.41. The van der Waals surface area contributed by atoms with Crippen LogP contribution in [0.5, 0.6) is 0 Å². The third-order valence-corrected chi connectivity index (χ3v) is 4.30. The van der Waals surface area contributed by atoms with Crippen LogP contribution in [0, 0.1) is 0 Å². The molecular weight excluding hydrogens is 244 g/mol. The van der Waals surface area contributed by atoms with Crippen molar-refractivity contribution in [2.75, 3.05) is 20.1 Å². The normalized spacial score (nSPS) is 17.3. The SMILES string of the molecule is CN(CCCNC1CCCCCC1)Cc1ccccc1. The van der Waals surface area contributed by atoms with Gasteiger partial charge in [-0.15, -0.1) is 0 Å². The zero-order chi connectivity index (χ0) is 14.0. The first-order valence-electron chi connectivity index (χ1n) is 8.30. The van der Waals surface area contributed by atoms with E-state index in [1.165, 1.54) is 63.6 Å². The second kappa shape index (κ2) is 9.15. The van der Waals surface area contributed by atoms with Crippen LogP contribution in [0.2, 0.25) is 0 Å². The van der Waals surface area contributed by atoms with E-state index >= 15 is 0 Å². The number of benzene rings is 1. The van der Waals surface area contributed by atoms with Gasteiger partial charge in [-0.1, -0.05) is 56.0 Å². The molecule has 0 radical (unpaired) electrons. The second-order valence-corrected chi connectivity index (χ2v) is 6.22. The first kappa shape index (κ1) is 15.5. The van der Waals surface area contributed by atoms with Gasteiger partial charge in [-0.05, 0) is 45.0 Å². The van der Waals surface area contributed by atoms with Gasteiger partial charge in [0.1, 0.15) is 0 Å². The summed E-state index contributed by atoms with van der Waals surface area (Å²) in [6.07, 6.45) is 9.76. The number of hydrogen-bond acceptors (Lipinski definition) is 2. The van der Waals surface area contributed by atoms with Crippen molar-refractivity contribution in [2.24, 2.45) is 0 Å². The highest BCUT2D eigenvalue weighted by atomic mass is 15.1. The lowest BCUT2D eigenvalue weighted by Gasteiger charge is -2.19. The van der Waals surface area contributed by atoms with Gasteiger partial charge >= 0.3 is 0 Å². The van der Waals surface area contributed by atoms with Gasteiger partial charge in [0.15, 0.2) is 0 Å². The zero-order valence-corrected chi connectivity index (χ0v) is 13.0. The molecule has 0 atom stereocenters. The lowest BCUT2D eigenvalue weighted by atomic mass is 10.1. The zero-order valence-electron chi connectivity index (χ0n) is 13.0. The van der Waals surface area contributed by atoms with Crippen LogP contribution in [0.3, 0.4) is 0 Å². The molecule has 1 fully saturated rings. The Hall–Kier alpha value is -0.860. The maximum absolute atomic E-state index is 3.75. The molecule has 0 heterocycles. The molecule has 0 amide bonds. The fourth-order valence-electron chi connectivity index (χ4n) is 3.11. The van der Waals surface area contributed by atoms with Crippen molar-refractivity contribution in [2.45, 2.75) is 57.5 Å². The summed E-state index contributed by atoms with van der Waals surface area (Å²) < 4.78 is 0. The molecule has 0 unspecified atom stereocenters. The van der Waals surface area contributed by atoms with Crippen LogP contribution in [0.4, 0.5) is 0 Å². The molecule has 1 aliphatic rings. The van der Waals surface area contributed by atoms with Gasteiger partial charge in [0, 0.05) is 12.6 Å². The number of nitrogens with zero attached hydrogens (tertiary/aromatic N) is 1. The highest BCUT2D eigenvalue weighted by Gasteiger charge is 2.10. The third kappa shape index (κ3) is 6.06. The average Bonchev–Trinajstić information content (AvgIpc) is 2.73. The fourth-order valence-corrected chi connectivity index (χ4v) is 3.11. The van der Waals surface area contributed by atoms with E-state index in [4.69, 9.17) is 0 Å². The highest BCUT2D eigenvalue weighted by molar-refractivity contribution is 5.14. The standard InChI is InChI=1S/C18H30N2/c1-20(16-17-10-5-4-6-11-17)15-9-14-19-18-12-7-2-3-8-13-18/h4-6,10-11,18-19H,2-3,7-9,12-16H2,1H3. The van der Waals surface area contributed by atoms with Gasteiger partial charge in [0.25, 0.3) is 0 Å². The first-order valence-corrected chi connectivity index (χ1v) is 8.30. The smallest absolute Gasteiger partial charge is 0.0230 e. The molecule has 0 aromatic heterocycles. The van der Waals surface area contributed by atoms with Gasteiger partial charge in [0.2, 0.25) is 0 Å². The molecular formula is C18H30N2. The van der Waals surface area contributed by atoms with Gasteiger partial charge in [0.05, 0.1) is 0 Å². The van der Waals surface area contributed by atoms with Crippen LogP contribution in [0.25, 0.3) is 0 Å². The molecule has 1 N–H and O–H groups in total. The Morgan fingerprint density at radius 3 is 2.45 bits per heavy atom. The number of hydrogen-bond donors (Lipinski definition) is 1. The summed E-state index contributed by atoms with van der Waals surface area (Å²) in [5.74, 6) is 0. The molecule has 0 saturated heterocycles. The Morgan fingerprint density at radius 1 is 1.05 bits per heavy atom. The Morgan fingerprint density at radius 2 is 1.75 bits per heavy atom. The molecule has 1 aliphatic carbocycles. The molecule has 2 rings (SSSR count). The van der Waals surface area contributed by atoms with Crippen molar-refractivity contribution < 1.29 is 0 Å². The fraction of sp³-hybridized carbons (Fsp3) is 0.667. The Balaban J connectivity index is 1.56. The van der Waals surface area contributed by atoms with Crippen molar-refractivity contribution in [1.82, 2.24) is 10.2 Å². The van der Waals surface area contributed by atoms with E-state index in [1.54, 1.807) is 0 Å². The lowest BCUT2D eigenvalue weighted by Crippen LogP contribution is -2.31. The summed E-state index contributed by atoms with van der Waals surface area (Å²) in [5, 5.41) is 3.75. The van der Waals surface area contributed by atoms with Crippen molar-refractivity contribution in [3.05, 3.63) is 35.9 Å². The van der Waals surface area contributed by atoms with Gasteiger partial charge in [-0.3, -0.25) is 0 Å². The third-order valence-electron chi connectivity index (χ3n) is 4.30. The van der Waals surface area contributed by atoms with Crippen molar-refractivity contribution >= 4 is 0 Å². The van der Waals surface area contributed by atoms with Crippen LogP contribution >= 0.6 is 0 Å². The van der Waals surface area contributed by atoms with E-state index in [1.807, 2.05) is 0 Å². The van der Waals surface area contributed by atoms with Gasteiger partial charge in [-0.2, -0.15) is 0 Å². The van der Waals surface area contributed by atoms with E-state index in [0.717, 1.165) is 12.6 Å². The first-order chi connectivity index (χ1) is 9.84. The van der Waals surface area contributed by atoms with Crippen molar-refractivity contribution in [3.63, 3.8) is 0 Å². The molecule has 0 spiro atoms. The van der Waals surface area contributed by atoms with Crippen LogP contribution in [0.1, 0.15) is 50.5 Å². The molecule has 1 saturated carbocycles. The van der Waals surface area contributed by atoms with E-state index in [0.29, 0.717) is 0 Å². The van der Waals surface area contributed by atoms with Crippen LogP contribution < -0.4 is 5.32 Å². The summed E-state index contributed by atoms with van der Waals surface area (Å²) in [6, 6.07) is 11.5. The Bertz CT molecular complexity index is 342. The van der Waals surface area contributed by atoms with Crippen LogP contribution in [-0.2, 0) is 6.54 Å². The summed E-state index contributed by atoms with van der Waals surface area (Å²) in [4.78, 5) is 2.42. The van der Waals surface area contributed by atoms with E-state index in [9.17, 15) is 0 Å². The minimum absolute atomic E-state index is 0.789. The summed E-state index contributed by atoms with van der Waals surface area (Å²) >= 11 is 0. The Kier molecular flexibility index (Phi) is 7.10. The molecule has 0 bridgehead atoms. The predicted octanol–water partition coefficient (Wildman–Crippen LogP) is 3.82. The van der Waals surface area contributed by atoms with E-state index in [2.05, 4.69) is 47.6 Å². The second-order valence-electron chi connectivity index (χ2n) is 6.22. The minimum atomic E-state index is 0.789. The lowest BCUT2D eigenvalue weighted by molar-refractivity contribution is 0.314. The number of nitrogens with one attached hydrogen (secondary N) is 1. The average molecular weight is 274 g/mol. The number of rotatable bonds is 7. The van der Waals surface area contributed by atoms with Gasteiger partial charge in [-0.25, -0.2) is 0 Å². The summed E-state index contributed by atoms with van der Waals surface area (Å²) in [5.41, 5.74) is 1.41. The molecule has 2 nitrogen and oxygen atoms in total. The molecule has 0 aliphatic heterocycles. The quantitative estimate of drug-likeness (QED) is 0.600. The van der Waals surface area contributed by atoms with Crippen LogP contribution in [-0.4, -0.2) is 31.1 Å². The molecule has 20 heavy (non-hydrogen) atoms. The molecule has 1 aromatic rings. The largest absolute Gasteiger partial charge is 0.314 e. The monoisotopic (exact) mass is 274 g/mol.